The molecule has 0 unspecified atom stereocenters. The number of hydrogen-bond donors (Lipinski definition) is 1. The minimum atomic E-state index is -2.36. The molecule has 1 aromatic carbocycles. The molecule has 1 aliphatic rings. The van der Waals surface area contributed by atoms with Gasteiger partial charge in [-0.3, -0.25) is 0 Å². The minimum absolute atomic E-state index is 0.665. The molecule has 1 saturated heterocycles. The standard InChI is InChI=1S/C14H23NO3Si/c1-2-16-19(17-11-7-12-18-19)13-6-10-15-14-8-4-3-5-9-14/h3-5,8-9,15H,2,6-7,10-13H2,1H3. The van der Waals surface area contributed by atoms with E-state index < -0.39 is 8.80 Å². The first-order valence-electron chi connectivity index (χ1n) is 7.05. The predicted octanol–water partition coefficient (Wildman–Crippen LogP) is 2.90. The molecule has 0 spiro atoms. The van der Waals surface area contributed by atoms with E-state index in [0.29, 0.717) is 6.61 Å². The lowest BCUT2D eigenvalue weighted by molar-refractivity contribution is 0.0246. The lowest BCUT2D eigenvalue weighted by atomic mass is 10.3. The van der Waals surface area contributed by atoms with E-state index in [9.17, 15) is 0 Å². The number of para-hydroxylation sites is 1. The fourth-order valence-corrected chi connectivity index (χ4v) is 4.81. The van der Waals surface area contributed by atoms with Crippen molar-refractivity contribution in [3.8, 4) is 0 Å². The SMILES string of the molecule is CCO[Si]1(CCCNc2ccccc2)OCCCO1. The van der Waals surface area contributed by atoms with Crippen molar-refractivity contribution >= 4 is 14.5 Å². The van der Waals surface area contributed by atoms with E-state index in [1.165, 1.54) is 0 Å². The van der Waals surface area contributed by atoms with Gasteiger partial charge in [0.05, 0.1) is 0 Å². The Kier molecular flexibility index (Phi) is 5.84. The molecule has 1 heterocycles. The normalized spacial score (nSPS) is 18.2. The van der Waals surface area contributed by atoms with Gasteiger partial charge in [0.15, 0.2) is 0 Å². The monoisotopic (exact) mass is 281 g/mol. The maximum Gasteiger partial charge on any atom is 0.501 e. The second-order valence-corrected chi connectivity index (χ2v) is 7.29. The molecule has 0 aromatic heterocycles. The fraction of sp³-hybridized carbons (Fsp3) is 0.571. The quantitative estimate of drug-likeness (QED) is 0.616. The summed E-state index contributed by atoms with van der Waals surface area (Å²) in [5.41, 5.74) is 1.15. The van der Waals surface area contributed by atoms with E-state index >= 15 is 0 Å². The van der Waals surface area contributed by atoms with Gasteiger partial charge in [-0.2, -0.15) is 0 Å². The molecule has 0 atom stereocenters. The van der Waals surface area contributed by atoms with Crippen LogP contribution in [0.4, 0.5) is 5.69 Å². The molecule has 1 fully saturated rings. The first-order chi connectivity index (χ1) is 9.35. The summed E-state index contributed by atoms with van der Waals surface area (Å²) >= 11 is 0. The number of benzene rings is 1. The third-order valence-corrected chi connectivity index (χ3v) is 6.04. The van der Waals surface area contributed by atoms with Crippen molar-refractivity contribution in [3.05, 3.63) is 30.3 Å². The lowest BCUT2D eigenvalue weighted by Crippen LogP contribution is -2.49. The van der Waals surface area contributed by atoms with Gasteiger partial charge in [0, 0.05) is 38.1 Å². The second-order valence-electron chi connectivity index (χ2n) is 4.56. The lowest BCUT2D eigenvalue weighted by Gasteiger charge is -2.32. The van der Waals surface area contributed by atoms with E-state index in [1.54, 1.807) is 0 Å². The smallest absolute Gasteiger partial charge is 0.385 e. The van der Waals surface area contributed by atoms with Crippen molar-refractivity contribution in [2.75, 3.05) is 31.7 Å². The zero-order valence-electron chi connectivity index (χ0n) is 11.6. The molecule has 0 saturated carbocycles. The predicted molar refractivity (Wildman–Crippen MR) is 78.3 cm³/mol. The summed E-state index contributed by atoms with van der Waals surface area (Å²) in [6.45, 7) is 5.13. The Hall–Kier alpha value is -0.883. The van der Waals surface area contributed by atoms with Gasteiger partial charge in [-0.25, -0.2) is 0 Å². The highest BCUT2D eigenvalue weighted by Gasteiger charge is 2.42. The van der Waals surface area contributed by atoms with Crippen LogP contribution in [0.3, 0.4) is 0 Å². The summed E-state index contributed by atoms with van der Waals surface area (Å²) < 4.78 is 17.4. The minimum Gasteiger partial charge on any atom is -0.385 e. The van der Waals surface area contributed by atoms with Crippen LogP contribution in [0.1, 0.15) is 19.8 Å². The molecule has 2 rings (SSSR count). The van der Waals surface area contributed by atoms with Gasteiger partial charge in [0.2, 0.25) is 0 Å². The van der Waals surface area contributed by atoms with Crippen LogP contribution in [-0.2, 0) is 13.3 Å². The van der Waals surface area contributed by atoms with Crippen molar-refractivity contribution in [1.82, 2.24) is 0 Å². The Labute approximate surface area is 116 Å². The van der Waals surface area contributed by atoms with Gasteiger partial charge in [-0.1, -0.05) is 18.2 Å². The van der Waals surface area contributed by atoms with Crippen LogP contribution >= 0.6 is 0 Å². The summed E-state index contributed by atoms with van der Waals surface area (Å²) in [5.74, 6) is 0. The molecule has 19 heavy (non-hydrogen) atoms. The average molecular weight is 281 g/mol. The Morgan fingerprint density at radius 3 is 2.63 bits per heavy atom. The zero-order chi connectivity index (χ0) is 13.4. The maximum absolute atomic E-state index is 5.82. The van der Waals surface area contributed by atoms with E-state index in [0.717, 1.165) is 44.3 Å². The highest BCUT2D eigenvalue weighted by atomic mass is 28.4. The molecule has 4 nitrogen and oxygen atoms in total. The second kappa shape index (κ2) is 7.64. The van der Waals surface area contributed by atoms with Crippen LogP contribution in [0.15, 0.2) is 30.3 Å². The highest BCUT2D eigenvalue weighted by molar-refractivity contribution is 6.60. The van der Waals surface area contributed by atoms with E-state index in [-0.39, 0.29) is 0 Å². The van der Waals surface area contributed by atoms with Gasteiger partial charge < -0.3 is 18.6 Å². The van der Waals surface area contributed by atoms with Crippen LogP contribution in [0.25, 0.3) is 0 Å². The Balaban J connectivity index is 1.73. The number of anilines is 1. The Morgan fingerprint density at radius 2 is 1.95 bits per heavy atom. The molecule has 106 valence electrons. The first-order valence-corrected chi connectivity index (χ1v) is 8.99. The highest BCUT2D eigenvalue weighted by Crippen LogP contribution is 2.22. The molecule has 0 aliphatic carbocycles. The van der Waals surface area contributed by atoms with E-state index in [2.05, 4.69) is 17.4 Å². The Bertz CT molecular complexity index is 349. The molecule has 5 heteroatoms. The van der Waals surface area contributed by atoms with Crippen LogP contribution in [0, 0.1) is 0 Å². The molecule has 1 aliphatic heterocycles. The third-order valence-electron chi connectivity index (χ3n) is 3.06. The van der Waals surface area contributed by atoms with Gasteiger partial charge in [-0.05, 0) is 31.9 Å². The van der Waals surface area contributed by atoms with Crippen molar-refractivity contribution in [3.63, 3.8) is 0 Å². The maximum atomic E-state index is 5.82. The van der Waals surface area contributed by atoms with Crippen LogP contribution in [-0.4, -0.2) is 35.2 Å². The zero-order valence-corrected chi connectivity index (χ0v) is 12.6. The van der Waals surface area contributed by atoms with Gasteiger partial charge in [0.1, 0.15) is 0 Å². The molecule has 0 bridgehead atoms. The van der Waals surface area contributed by atoms with Crippen molar-refractivity contribution < 1.29 is 13.3 Å². The van der Waals surface area contributed by atoms with Crippen molar-refractivity contribution in [2.24, 2.45) is 0 Å². The average Bonchev–Trinajstić information content (AvgIpc) is 2.46. The largest absolute Gasteiger partial charge is 0.501 e. The summed E-state index contributed by atoms with van der Waals surface area (Å²) in [4.78, 5) is 0. The van der Waals surface area contributed by atoms with Gasteiger partial charge in [-0.15, -0.1) is 0 Å². The number of nitrogens with one attached hydrogen (secondary N) is 1. The number of hydrogen-bond acceptors (Lipinski definition) is 4. The van der Waals surface area contributed by atoms with E-state index in [1.807, 2.05) is 25.1 Å². The van der Waals surface area contributed by atoms with Gasteiger partial charge >= 0.3 is 8.80 Å². The molecule has 0 amide bonds. The van der Waals surface area contributed by atoms with Crippen LogP contribution < -0.4 is 5.32 Å². The van der Waals surface area contributed by atoms with Crippen LogP contribution in [0.5, 0.6) is 0 Å². The first kappa shape index (κ1) is 14.5. The molecular formula is C14H23NO3Si. The summed E-state index contributed by atoms with van der Waals surface area (Å²) in [7, 11) is -2.36. The summed E-state index contributed by atoms with van der Waals surface area (Å²) in [6.07, 6.45) is 1.98. The topological polar surface area (TPSA) is 39.7 Å². The molecule has 0 radical (unpaired) electrons. The van der Waals surface area contributed by atoms with Crippen molar-refractivity contribution in [2.45, 2.75) is 25.8 Å². The number of rotatable bonds is 7. The Morgan fingerprint density at radius 1 is 1.21 bits per heavy atom. The molecular weight excluding hydrogens is 258 g/mol. The molecule has 1 N–H and O–H groups in total. The van der Waals surface area contributed by atoms with Gasteiger partial charge in [0.25, 0.3) is 0 Å². The summed E-state index contributed by atoms with van der Waals surface area (Å²) in [5, 5.41) is 3.40. The third kappa shape index (κ3) is 4.61. The van der Waals surface area contributed by atoms with Crippen LogP contribution in [0.2, 0.25) is 6.04 Å². The summed E-state index contributed by atoms with van der Waals surface area (Å²) in [6, 6.07) is 11.1. The van der Waals surface area contributed by atoms with Crippen molar-refractivity contribution in [1.29, 1.82) is 0 Å². The fourth-order valence-electron chi connectivity index (χ4n) is 2.17. The molecule has 1 aromatic rings. The van der Waals surface area contributed by atoms with E-state index in [4.69, 9.17) is 13.3 Å².